The Labute approximate surface area is 168 Å². The maximum Gasteiger partial charge on any atom is 0.309 e. The molecule has 1 aromatic carbocycles. The van der Waals surface area contributed by atoms with Crippen molar-refractivity contribution in [1.82, 2.24) is 15.6 Å². The van der Waals surface area contributed by atoms with Gasteiger partial charge in [0.2, 0.25) is 0 Å². The number of rotatable bonds is 6. The molecule has 3 aromatic rings. The molecule has 0 saturated carbocycles. The van der Waals surface area contributed by atoms with E-state index in [1.165, 1.54) is 5.56 Å². The number of aromatic nitrogens is 1. The number of nitrogens with zero attached hydrogens (tertiary/aromatic N) is 2. The van der Waals surface area contributed by atoms with Crippen molar-refractivity contribution in [3.05, 3.63) is 84.1 Å². The third-order valence-electron chi connectivity index (χ3n) is 5.01. The number of nitrogens with one attached hydrogen (secondary N) is 2. The summed E-state index contributed by atoms with van der Waals surface area (Å²) in [6.45, 7) is 1.34. The molecule has 148 valence electrons. The fraction of sp³-hybridized carbons (Fsp3) is 0.227. The van der Waals surface area contributed by atoms with E-state index in [9.17, 15) is 9.59 Å². The van der Waals surface area contributed by atoms with Crippen molar-refractivity contribution in [1.29, 1.82) is 0 Å². The lowest BCUT2D eigenvalue weighted by molar-refractivity contribution is -0.139. The standard InChI is InChI=1S/C22H22N4O3/c27-21(24-14-16-5-3-10-23-13-16)22(28)25-15-19(20-8-4-12-29-20)26-11-9-17-6-1-2-7-18(17)26/h1-8,10,12-13,19H,9,11,14-15H2,(H,24,27)(H,25,28)/t19-/m0/s1. The molecule has 1 atom stereocenters. The van der Waals surface area contributed by atoms with Gasteiger partial charge in [-0.3, -0.25) is 14.6 Å². The number of pyridine rings is 1. The zero-order chi connectivity index (χ0) is 20.1. The molecule has 2 amide bonds. The molecule has 0 spiro atoms. The summed E-state index contributed by atoms with van der Waals surface area (Å²) in [6, 6.07) is 15.3. The van der Waals surface area contributed by atoms with Gasteiger partial charge in [0.05, 0.1) is 6.26 Å². The molecular formula is C22H22N4O3. The minimum Gasteiger partial charge on any atom is -0.467 e. The van der Waals surface area contributed by atoms with Gasteiger partial charge in [-0.25, -0.2) is 0 Å². The lowest BCUT2D eigenvalue weighted by atomic mass is 10.1. The normalized spacial score (nSPS) is 13.6. The molecule has 2 N–H and O–H groups in total. The van der Waals surface area contributed by atoms with Crippen LogP contribution in [0.2, 0.25) is 0 Å². The first-order chi connectivity index (χ1) is 14.2. The minimum atomic E-state index is -0.672. The molecule has 2 aromatic heterocycles. The van der Waals surface area contributed by atoms with Crippen LogP contribution in [0.4, 0.5) is 5.69 Å². The second kappa shape index (κ2) is 8.60. The molecule has 7 heteroatoms. The largest absolute Gasteiger partial charge is 0.467 e. The molecule has 29 heavy (non-hydrogen) atoms. The maximum absolute atomic E-state index is 12.3. The van der Waals surface area contributed by atoms with Gasteiger partial charge in [-0.2, -0.15) is 0 Å². The second-order valence-electron chi connectivity index (χ2n) is 6.86. The van der Waals surface area contributed by atoms with E-state index < -0.39 is 11.8 Å². The summed E-state index contributed by atoms with van der Waals surface area (Å²) in [4.78, 5) is 30.7. The van der Waals surface area contributed by atoms with Crippen LogP contribution in [0.3, 0.4) is 0 Å². The highest BCUT2D eigenvalue weighted by atomic mass is 16.3. The first-order valence-corrected chi connectivity index (χ1v) is 9.55. The average Bonchev–Trinajstić information content (AvgIpc) is 3.44. The Hall–Kier alpha value is -3.61. The second-order valence-corrected chi connectivity index (χ2v) is 6.86. The Morgan fingerprint density at radius 2 is 1.93 bits per heavy atom. The quantitative estimate of drug-likeness (QED) is 0.630. The monoisotopic (exact) mass is 390 g/mol. The summed E-state index contributed by atoms with van der Waals surface area (Å²) in [5.41, 5.74) is 3.23. The topological polar surface area (TPSA) is 87.5 Å². The lowest BCUT2D eigenvalue weighted by Gasteiger charge is -2.29. The van der Waals surface area contributed by atoms with Crippen molar-refractivity contribution >= 4 is 17.5 Å². The Bertz CT molecular complexity index is 973. The van der Waals surface area contributed by atoms with Crippen LogP contribution < -0.4 is 15.5 Å². The predicted molar refractivity (Wildman–Crippen MR) is 108 cm³/mol. The molecule has 4 rings (SSSR count). The lowest BCUT2D eigenvalue weighted by Crippen LogP contribution is -2.43. The average molecular weight is 390 g/mol. The van der Waals surface area contributed by atoms with Crippen LogP contribution in [0, 0.1) is 0 Å². The van der Waals surface area contributed by atoms with Crippen molar-refractivity contribution in [3.8, 4) is 0 Å². The van der Waals surface area contributed by atoms with Crippen molar-refractivity contribution in [2.75, 3.05) is 18.0 Å². The number of benzene rings is 1. The Morgan fingerprint density at radius 3 is 2.72 bits per heavy atom. The van der Waals surface area contributed by atoms with Crippen molar-refractivity contribution in [3.63, 3.8) is 0 Å². The van der Waals surface area contributed by atoms with Crippen LogP contribution in [0.5, 0.6) is 0 Å². The number of hydrogen-bond donors (Lipinski definition) is 2. The van der Waals surface area contributed by atoms with E-state index in [-0.39, 0.29) is 19.1 Å². The third kappa shape index (κ3) is 4.29. The van der Waals surface area contributed by atoms with Gasteiger partial charge in [0, 0.05) is 37.7 Å². The number of fused-ring (bicyclic) bond motifs is 1. The molecule has 0 fully saturated rings. The summed E-state index contributed by atoms with van der Waals surface area (Å²) in [6.07, 6.45) is 5.86. The predicted octanol–water partition coefficient (Wildman–Crippen LogP) is 2.21. The van der Waals surface area contributed by atoms with Crippen LogP contribution in [0.1, 0.15) is 22.9 Å². The van der Waals surface area contributed by atoms with Crippen LogP contribution in [-0.4, -0.2) is 29.9 Å². The van der Waals surface area contributed by atoms with Gasteiger partial charge < -0.3 is 20.0 Å². The van der Waals surface area contributed by atoms with Crippen LogP contribution >= 0.6 is 0 Å². The number of carbonyl (C=O) groups is 2. The van der Waals surface area contributed by atoms with E-state index in [1.807, 2.05) is 30.3 Å². The van der Waals surface area contributed by atoms with E-state index in [2.05, 4.69) is 32.7 Å². The first kappa shape index (κ1) is 18.7. The highest BCUT2D eigenvalue weighted by Crippen LogP contribution is 2.34. The Balaban J connectivity index is 1.40. The van der Waals surface area contributed by atoms with E-state index >= 15 is 0 Å². The van der Waals surface area contributed by atoms with Gasteiger partial charge in [-0.1, -0.05) is 24.3 Å². The van der Waals surface area contributed by atoms with Gasteiger partial charge >= 0.3 is 11.8 Å². The van der Waals surface area contributed by atoms with Crippen molar-refractivity contribution in [2.45, 2.75) is 19.0 Å². The number of carbonyl (C=O) groups excluding carboxylic acids is 2. The van der Waals surface area contributed by atoms with Crippen molar-refractivity contribution < 1.29 is 14.0 Å². The fourth-order valence-corrected chi connectivity index (χ4v) is 3.57. The SMILES string of the molecule is O=C(NCc1cccnc1)C(=O)NC[C@@H](c1ccco1)N1CCc2ccccc21. The number of furan rings is 1. The zero-order valence-electron chi connectivity index (χ0n) is 15.9. The van der Waals surface area contributed by atoms with E-state index in [0.717, 1.165) is 30.0 Å². The molecule has 1 aliphatic rings. The Morgan fingerprint density at radius 1 is 1.07 bits per heavy atom. The van der Waals surface area contributed by atoms with Crippen LogP contribution in [0.15, 0.2) is 71.6 Å². The molecular weight excluding hydrogens is 368 g/mol. The number of amides is 2. The number of anilines is 1. The summed E-state index contributed by atoms with van der Waals surface area (Å²) in [7, 11) is 0. The fourth-order valence-electron chi connectivity index (χ4n) is 3.57. The van der Waals surface area contributed by atoms with Gasteiger partial charge in [0.15, 0.2) is 0 Å². The molecule has 3 heterocycles. The Kier molecular flexibility index (Phi) is 5.56. The summed E-state index contributed by atoms with van der Waals surface area (Å²) in [5.74, 6) is -0.593. The maximum atomic E-state index is 12.3. The van der Waals surface area contributed by atoms with Crippen molar-refractivity contribution in [2.24, 2.45) is 0 Å². The highest BCUT2D eigenvalue weighted by Gasteiger charge is 2.29. The van der Waals surface area contributed by atoms with E-state index in [4.69, 9.17) is 4.42 Å². The number of para-hydroxylation sites is 1. The van der Waals surface area contributed by atoms with Crippen LogP contribution in [0.25, 0.3) is 0 Å². The molecule has 0 unspecified atom stereocenters. The molecule has 0 radical (unpaired) electrons. The minimum absolute atomic E-state index is 0.191. The van der Waals surface area contributed by atoms with Gasteiger partial charge in [0.1, 0.15) is 11.8 Å². The number of hydrogen-bond acceptors (Lipinski definition) is 5. The first-order valence-electron chi connectivity index (χ1n) is 9.55. The molecule has 0 saturated heterocycles. The van der Waals surface area contributed by atoms with E-state index in [0.29, 0.717) is 0 Å². The smallest absolute Gasteiger partial charge is 0.309 e. The summed E-state index contributed by atoms with van der Waals surface area (Å²) in [5, 5.41) is 5.36. The third-order valence-corrected chi connectivity index (χ3v) is 5.01. The van der Waals surface area contributed by atoms with Gasteiger partial charge in [0.25, 0.3) is 0 Å². The molecule has 1 aliphatic heterocycles. The van der Waals surface area contributed by atoms with E-state index in [1.54, 1.807) is 24.7 Å². The molecule has 7 nitrogen and oxygen atoms in total. The molecule has 0 aliphatic carbocycles. The van der Waals surface area contributed by atoms with Gasteiger partial charge in [-0.15, -0.1) is 0 Å². The molecule has 0 bridgehead atoms. The summed E-state index contributed by atoms with van der Waals surface area (Å²) < 4.78 is 5.62. The summed E-state index contributed by atoms with van der Waals surface area (Å²) >= 11 is 0. The van der Waals surface area contributed by atoms with Gasteiger partial charge in [-0.05, 0) is 41.8 Å². The van der Waals surface area contributed by atoms with Crippen LogP contribution in [-0.2, 0) is 22.6 Å². The zero-order valence-corrected chi connectivity index (χ0v) is 15.9. The highest BCUT2D eigenvalue weighted by molar-refractivity contribution is 6.35.